The van der Waals surface area contributed by atoms with Crippen LogP contribution < -0.4 is 15.4 Å². The van der Waals surface area contributed by atoms with Crippen LogP contribution in [-0.2, 0) is 10.2 Å². The minimum absolute atomic E-state index is 0.0486. The lowest BCUT2D eigenvalue weighted by molar-refractivity contribution is -0.111. The Balaban J connectivity index is 1.62. The molecule has 1 aliphatic rings. The largest absolute Gasteiger partial charge is 0.481 e. The number of nitrogens with zero attached hydrogens (tertiary/aromatic N) is 3. The van der Waals surface area contributed by atoms with Gasteiger partial charge in [0.1, 0.15) is 0 Å². The van der Waals surface area contributed by atoms with Crippen molar-refractivity contribution >= 4 is 23.5 Å². The van der Waals surface area contributed by atoms with Gasteiger partial charge in [0.2, 0.25) is 17.7 Å². The highest BCUT2D eigenvalue weighted by molar-refractivity contribution is 5.99. The molecule has 164 valence electrons. The molecule has 1 atom stereocenters. The molecule has 1 fully saturated rings. The highest BCUT2D eigenvalue weighted by Crippen LogP contribution is 2.30. The summed E-state index contributed by atoms with van der Waals surface area (Å²) in [6, 6.07) is 6.89. The van der Waals surface area contributed by atoms with Crippen LogP contribution in [0.25, 0.3) is 0 Å². The normalized spacial score (nSPS) is 16.0. The van der Waals surface area contributed by atoms with Crippen molar-refractivity contribution in [2.75, 3.05) is 30.8 Å². The lowest BCUT2D eigenvalue weighted by atomic mass is 9.89. The lowest BCUT2D eigenvalue weighted by Gasteiger charge is -2.22. The zero-order valence-electron chi connectivity index (χ0n) is 18.4. The molecule has 0 unspecified atom stereocenters. The molecule has 0 saturated carbocycles. The number of hydrogen-bond donors (Lipinski definition) is 2. The van der Waals surface area contributed by atoms with Gasteiger partial charge in [-0.1, -0.05) is 27.4 Å². The van der Waals surface area contributed by atoms with Crippen LogP contribution in [-0.4, -0.2) is 52.9 Å². The minimum atomic E-state index is -0.290. The average molecular weight is 424 g/mol. The first-order chi connectivity index (χ1) is 14.7. The smallest absolute Gasteiger partial charge is 0.253 e. The predicted octanol–water partition coefficient (Wildman–Crippen LogP) is 3.23. The SMILES string of the molecule is C=CC(=O)Nc1ccc(C(=O)N2CC[C@@H](Nc3ncc(C(C)(C)C)c(OC)n3)C2)cc1. The summed E-state index contributed by atoms with van der Waals surface area (Å²) in [7, 11) is 1.60. The maximum Gasteiger partial charge on any atom is 0.253 e. The fraction of sp³-hybridized carbons (Fsp3) is 0.391. The molecule has 0 bridgehead atoms. The van der Waals surface area contributed by atoms with Crippen LogP contribution in [0.3, 0.4) is 0 Å². The first-order valence-electron chi connectivity index (χ1n) is 10.2. The number of ether oxygens (including phenoxy) is 1. The zero-order chi connectivity index (χ0) is 22.6. The summed E-state index contributed by atoms with van der Waals surface area (Å²) >= 11 is 0. The van der Waals surface area contributed by atoms with E-state index in [1.165, 1.54) is 6.08 Å². The molecule has 1 aromatic heterocycles. The highest BCUT2D eigenvalue weighted by Gasteiger charge is 2.28. The summed E-state index contributed by atoms with van der Waals surface area (Å²) in [4.78, 5) is 34.9. The third-order valence-corrected chi connectivity index (χ3v) is 5.15. The molecule has 0 radical (unpaired) electrons. The molecule has 2 heterocycles. The Labute approximate surface area is 182 Å². The summed E-state index contributed by atoms with van der Waals surface area (Å²) < 4.78 is 5.45. The van der Waals surface area contributed by atoms with E-state index in [1.54, 1.807) is 42.5 Å². The summed E-state index contributed by atoms with van der Waals surface area (Å²) in [6.07, 6.45) is 3.79. The molecule has 8 heteroatoms. The van der Waals surface area contributed by atoms with E-state index in [2.05, 4.69) is 48.0 Å². The Morgan fingerprint density at radius 2 is 1.97 bits per heavy atom. The van der Waals surface area contributed by atoms with E-state index in [0.29, 0.717) is 36.2 Å². The Hall–Kier alpha value is -3.42. The predicted molar refractivity (Wildman–Crippen MR) is 120 cm³/mol. The highest BCUT2D eigenvalue weighted by atomic mass is 16.5. The first-order valence-corrected chi connectivity index (χ1v) is 10.2. The number of carbonyl (C=O) groups is 2. The van der Waals surface area contributed by atoms with Crippen LogP contribution >= 0.6 is 0 Å². The van der Waals surface area contributed by atoms with Crippen LogP contribution in [0.4, 0.5) is 11.6 Å². The first kappa shape index (κ1) is 22.3. The Morgan fingerprint density at radius 1 is 1.26 bits per heavy atom. The molecule has 8 nitrogen and oxygen atoms in total. The Kier molecular flexibility index (Phi) is 6.58. The van der Waals surface area contributed by atoms with E-state index in [9.17, 15) is 9.59 Å². The molecular weight excluding hydrogens is 394 g/mol. The molecule has 2 aromatic rings. The van der Waals surface area contributed by atoms with Crippen LogP contribution in [0.5, 0.6) is 5.88 Å². The van der Waals surface area contributed by atoms with E-state index in [4.69, 9.17) is 4.74 Å². The Morgan fingerprint density at radius 3 is 2.58 bits per heavy atom. The number of amides is 2. The second-order valence-corrected chi connectivity index (χ2v) is 8.52. The molecule has 1 saturated heterocycles. The van der Waals surface area contributed by atoms with Gasteiger partial charge in [-0.25, -0.2) is 4.98 Å². The molecule has 3 rings (SSSR count). The third-order valence-electron chi connectivity index (χ3n) is 5.15. The van der Waals surface area contributed by atoms with Crippen LogP contribution in [0.2, 0.25) is 0 Å². The molecular formula is C23H29N5O3. The van der Waals surface area contributed by atoms with E-state index >= 15 is 0 Å². The number of likely N-dealkylation sites (tertiary alicyclic amines) is 1. The summed E-state index contributed by atoms with van der Waals surface area (Å²) in [5, 5.41) is 5.98. The minimum Gasteiger partial charge on any atom is -0.481 e. The molecule has 0 spiro atoms. The summed E-state index contributed by atoms with van der Waals surface area (Å²) in [6.45, 7) is 10.9. The molecule has 31 heavy (non-hydrogen) atoms. The maximum atomic E-state index is 12.8. The number of nitrogens with one attached hydrogen (secondary N) is 2. The van der Waals surface area contributed by atoms with Crippen molar-refractivity contribution < 1.29 is 14.3 Å². The van der Waals surface area contributed by atoms with E-state index in [0.717, 1.165) is 12.0 Å². The van der Waals surface area contributed by atoms with Gasteiger partial charge < -0.3 is 20.3 Å². The van der Waals surface area contributed by atoms with Gasteiger partial charge in [-0.3, -0.25) is 9.59 Å². The Bertz CT molecular complexity index is 966. The second-order valence-electron chi connectivity index (χ2n) is 8.52. The van der Waals surface area contributed by atoms with Gasteiger partial charge in [0.15, 0.2) is 0 Å². The number of carbonyl (C=O) groups excluding carboxylic acids is 2. The maximum absolute atomic E-state index is 12.8. The second kappa shape index (κ2) is 9.16. The molecule has 0 aliphatic carbocycles. The summed E-state index contributed by atoms with van der Waals surface area (Å²) in [5.74, 6) is 0.709. The molecule has 1 aliphatic heterocycles. The topological polar surface area (TPSA) is 96.5 Å². The monoisotopic (exact) mass is 423 g/mol. The zero-order valence-corrected chi connectivity index (χ0v) is 18.4. The van der Waals surface area contributed by atoms with Crippen molar-refractivity contribution in [1.82, 2.24) is 14.9 Å². The van der Waals surface area contributed by atoms with Crippen LogP contribution in [0, 0.1) is 0 Å². The fourth-order valence-corrected chi connectivity index (χ4v) is 3.42. The lowest BCUT2D eigenvalue weighted by Crippen LogP contribution is -2.32. The van der Waals surface area contributed by atoms with E-state index in [-0.39, 0.29) is 23.3 Å². The standard InChI is InChI=1S/C23H29N5O3/c1-6-19(29)25-16-9-7-15(8-10-16)21(30)28-12-11-17(14-28)26-22-24-13-18(23(2,3)4)20(27-22)31-5/h6-10,13,17H,1,11-12,14H2,2-5H3,(H,25,29)(H,24,26,27)/t17-/m1/s1. The van der Waals surface area contributed by atoms with Crippen LogP contribution in [0.1, 0.15) is 43.1 Å². The van der Waals surface area contributed by atoms with E-state index < -0.39 is 0 Å². The van der Waals surface area contributed by atoms with E-state index in [1.807, 2.05) is 0 Å². The number of benzene rings is 1. The average Bonchev–Trinajstić information content (AvgIpc) is 3.21. The van der Waals surface area contributed by atoms with Crippen LogP contribution in [0.15, 0.2) is 43.1 Å². The summed E-state index contributed by atoms with van der Waals surface area (Å²) in [5.41, 5.74) is 2.01. The van der Waals surface area contributed by atoms with Crippen molar-refractivity contribution in [2.24, 2.45) is 0 Å². The fourth-order valence-electron chi connectivity index (χ4n) is 3.42. The quantitative estimate of drug-likeness (QED) is 0.693. The number of rotatable bonds is 6. The third kappa shape index (κ3) is 5.39. The van der Waals surface area contributed by atoms with Crippen molar-refractivity contribution in [1.29, 1.82) is 0 Å². The molecule has 1 aromatic carbocycles. The van der Waals surface area contributed by atoms with Crippen molar-refractivity contribution in [2.45, 2.75) is 38.6 Å². The van der Waals surface area contributed by atoms with Gasteiger partial charge >= 0.3 is 0 Å². The van der Waals surface area contributed by atoms with Crippen molar-refractivity contribution in [3.8, 4) is 5.88 Å². The van der Waals surface area contributed by atoms with Gasteiger partial charge in [0.25, 0.3) is 5.91 Å². The number of aromatic nitrogens is 2. The van der Waals surface area contributed by atoms with Gasteiger partial charge in [-0.2, -0.15) is 4.98 Å². The van der Waals surface area contributed by atoms with Gasteiger partial charge in [-0.15, -0.1) is 0 Å². The molecule has 2 N–H and O–H groups in total. The van der Waals surface area contributed by atoms with Crippen molar-refractivity contribution in [3.05, 3.63) is 54.2 Å². The van der Waals surface area contributed by atoms with Gasteiger partial charge in [0, 0.05) is 42.1 Å². The van der Waals surface area contributed by atoms with Crippen molar-refractivity contribution in [3.63, 3.8) is 0 Å². The van der Waals surface area contributed by atoms with Gasteiger partial charge in [-0.05, 0) is 42.2 Å². The number of methoxy groups -OCH3 is 1. The number of anilines is 2. The van der Waals surface area contributed by atoms with Gasteiger partial charge in [0.05, 0.1) is 7.11 Å². The number of hydrogen-bond acceptors (Lipinski definition) is 6. The molecule has 2 amide bonds.